The Labute approximate surface area is 141 Å². The average Bonchev–Trinajstić information content (AvgIpc) is 2.88. The fourth-order valence-electron chi connectivity index (χ4n) is 3.14. The van der Waals surface area contributed by atoms with Gasteiger partial charge in [-0.05, 0) is 45.3 Å². The van der Waals surface area contributed by atoms with Crippen molar-refractivity contribution in [3.63, 3.8) is 0 Å². The van der Waals surface area contributed by atoms with E-state index in [4.69, 9.17) is 5.10 Å². The van der Waals surface area contributed by atoms with E-state index in [1.807, 2.05) is 36.6 Å². The highest BCUT2D eigenvalue weighted by atomic mass is 16.4. The van der Waals surface area contributed by atoms with Gasteiger partial charge >= 0.3 is 5.97 Å². The number of carboxylic acids is 1. The fraction of sp³-hybridized carbons (Fsp3) is 0.421. The molecule has 0 amide bonds. The van der Waals surface area contributed by atoms with Crippen LogP contribution < -0.4 is 0 Å². The summed E-state index contributed by atoms with van der Waals surface area (Å²) >= 11 is 0. The lowest BCUT2D eigenvalue weighted by Crippen LogP contribution is -2.26. The highest BCUT2D eigenvalue weighted by Crippen LogP contribution is 2.31. The van der Waals surface area contributed by atoms with Crippen molar-refractivity contribution in [2.75, 3.05) is 0 Å². The number of carboxylic acid groups (broad SMARTS) is 1. The van der Waals surface area contributed by atoms with Crippen molar-refractivity contribution in [2.24, 2.45) is 5.41 Å². The van der Waals surface area contributed by atoms with E-state index in [1.54, 1.807) is 13.0 Å². The molecule has 5 nitrogen and oxygen atoms in total. The maximum atomic E-state index is 11.3. The first-order valence-electron chi connectivity index (χ1n) is 8.30. The molecule has 1 aliphatic carbocycles. The van der Waals surface area contributed by atoms with Crippen LogP contribution in [0.25, 0.3) is 5.65 Å². The largest absolute Gasteiger partial charge is 0.481 e. The van der Waals surface area contributed by atoms with Crippen molar-refractivity contribution in [2.45, 2.75) is 47.0 Å². The van der Waals surface area contributed by atoms with Crippen LogP contribution in [0.5, 0.6) is 0 Å². The van der Waals surface area contributed by atoms with E-state index in [2.05, 4.69) is 11.9 Å². The standard InChI is InChI=1S/C19H23N3O2/c1-5-16-15(17-20-12(2)10-13(3)22(17)21-16)11-14-6-8-19(4,9-7-14)18(23)24/h6-8,10H,5,9,11H2,1-4H3,(H,23,24). The molecule has 2 heterocycles. The van der Waals surface area contributed by atoms with Crippen LogP contribution in [0.15, 0.2) is 29.9 Å². The topological polar surface area (TPSA) is 67.5 Å². The Morgan fingerprint density at radius 3 is 2.75 bits per heavy atom. The van der Waals surface area contributed by atoms with Crippen molar-refractivity contribution >= 4 is 11.6 Å². The second-order valence-electron chi connectivity index (χ2n) is 6.77. The van der Waals surface area contributed by atoms with Gasteiger partial charge in [-0.25, -0.2) is 9.50 Å². The van der Waals surface area contributed by atoms with Gasteiger partial charge < -0.3 is 5.11 Å². The number of aromatic nitrogens is 3. The van der Waals surface area contributed by atoms with E-state index < -0.39 is 11.4 Å². The van der Waals surface area contributed by atoms with E-state index in [0.29, 0.717) is 6.42 Å². The number of aliphatic carboxylic acids is 1. The third kappa shape index (κ3) is 2.75. The maximum Gasteiger partial charge on any atom is 0.313 e. The third-order valence-electron chi connectivity index (χ3n) is 4.73. The number of nitrogens with zero attached hydrogens (tertiary/aromatic N) is 3. The number of carbonyl (C=O) groups is 1. The molecule has 2 aromatic rings. The zero-order valence-electron chi connectivity index (χ0n) is 14.6. The molecule has 0 radical (unpaired) electrons. The Morgan fingerprint density at radius 2 is 2.17 bits per heavy atom. The van der Waals surface area contributed by atoms with E-state index in [1.165, 1.54) is 0 Å². The second-order valence-corrected chi connectivity index (χ2v) is 6.77. The molecule has 1 unspecified atom stereocenters. The van der Waals surface area contributed by atoms with E-state index in [-0.39, 0.29) is 0 Å². The molecule has 24 heavy (non-hydrogen) atoms. The molecule has 0 aromatic carbocycles. The summed E-state index contributed by atoms with van der Waals surface area (Å²) in [5.41, 5.74) is 5.48. The Balaban J connectivity index is 1.98. The molecule has 126 valence electrons. The lowest BCUT2D eigenvalue weighted by atomic mass is 9.81. The summed E-state index contributed by atoms with van der Waals surface area (Å²) in [6.45, 7) is 7.88. The van der Waals surface area contributed by atoms with Crippen LogP contribution in [-0.4, -0.2) is 25.7 Å². The molecule has 5 heteroatoms. The van der Waals surface area contributed by atoms with Gasteiger partial charge in [-0.15, -0.1) is 0 Å². The minimum atomic E-state index is -0.802. The van der Waals surface area contributed by atoms with Gasteiger partial charge in [-0.3, -0.25) is 4.79 Å². The number of aryl methyl sites for hydroxylation is 3. The Bertz CT molecular complexity index is 876. The molecule has 0 saturated carbocycles. The lowest BCUT2D eigenvalue weighted by molar-refractivity contribution is -0.145. The van der Waals surface area contributed by atoms with Crippen molar-refractivity contribution in [1.29, 1.82) is 0 Å². The van der Waals surface area contributed by atoms with E-state index in [9.17, 15) is 9.90 Å². The number of allylic oxidation sites excluding steroid dienone is 3. The second kappa shape index (κ2) is 5.89. The summed E-state index contributed by atoms with van der Waals surface area (Å²) in [7, 11) is 0. The predicted octanol–water partition coefficient (Wildman–Crippen LogP) is 3.43. The molecule has 0 saturated heterocycles. The molecular weight excluding hydrogens is 302 g/mol. The first-order chi connectivity index (χ1) is 11.3. The first-order valence-corrected chi connectivity index (χ1v) is 8.30. The Hall–Kier alpha value is -2.43. The molecule has 1 aliphatic rings. The molecule has 0 fully saturated rings. The van der Waals surface area contributed by atoms with Gasteiger partial charge in [-0.1, -0.05) is 25.2 Å². The quantitative estimate of drug-likeness (QED) is 0.935. The molecular formula is C19H23N3O2. The molecule has 1 atom stereocenters. The third-order valence-corrected chi connectivity index (χ3v) is 4.73. The minimum absolute atomic E-state index is 0.514. The normalized spacial score (nSPS) is 20.4. The Kier molecular flexibility index (Phi) is 4.03. The summed E-state index contributed by atoms with van der Waals surface area (Å²) in [6, 6.07) is 2.03. The monoisotopic (exact) mass is 325 g/mol. The minimum Gasteiger partial charge on any atom is -0.481 e. The molecule has 0 bridgehead atoms. The highest BCUT2D eigenvalue weighted by molar-refractivity contribution is 5.77. The van der Waals surface area contributed by atoms with Gasteiger partial charge in [0.2, 0.25) is 0 Å². The summed E-state index contributed by atoms with van der Waals surface area (Å²) in [5, 5.41) is 14.0. The first kappa shape index (κ1) is 16.4. The van der Waals surface area contributed by atoms with Crippen LogP contribution in [0, 0.1) is 19.3 Å². The van der Waals surface area contributed by atoms with Crippen LogP contribution in [-0.2, 0) is 17.6 Å². The van der Waals surface area contributed by atoms with Crippen LogP contribution in [0.3, 0.4) is 0 Å². The fourth-order valence-corrected chi connectivity index (χ4v) is 3.14. The number of hydrogen-bond donors (Lipinski definition) is 1. The summed E-state index contributed by atoms with van der Waals surface area (Å²) in [5.74, 6) is -0.785. The van der Waals surface area contributed by atoms with Gasteiger partial charge in [0, 0.05) is 23.4 Å². The van der Waals surface area contributed by atoms with Crippen LogP contribution in [0.4, 0.5) is 0 Å². The zero-order chi connectivity index (χ0) is 17.5. The van der Waals surface area contributed by atoms with Gasteiger partial charge in [0.15, 0.2) is 5.65 Å². The summed E-state index contributed by atoms with van der Waals surface area (Å²) < 4.78 is 1.91. The lowest BCUT2D eigenvalue weighted by Gasteiger charge is -2.23. The molecule has 3 rings (SSSR count). The number of fused-ring (bicyclic) bond motifs is 1. The van der Waals surface area contributed by atoms with Gasteiger partial charge in [0.05, 0.1) is 11.1 Å². The van der Waals surface area contributed by atoms with Crippen molar-refractivity contribution in [3.05, 3.63) is 52.5 Å². The van der Waals surface area contributed by atoms with Crippen LogP contribution in [0.1, 0.15) is 42.9 Å². The van der Waals surface area contributed by atoms with Gasteiger partial charge in [0.25, 0.3) is 0 Å². The molecule has 2 aromatic heterocycles. The smallest absolute Gasteiger partial charge is 0.313 e. The van der Waals surface area contributed by atoms with Crippen molar-refractivity contribution < 1.29 is 9.90 Å². The van der Waals surface area contributed by atoms with Gasteiger partial charge in [0.1, 0.15) is 0 Å². The SMILES string of the molecule is CCc1nn2c(C)cc(C)nc2c1CC1=CCC(C)(C(=O)O)C=C1. The zero-order valence-corrected chi connectivity index (χ0v) is 14.6. The van der Waals surface area contributed by atoms with Crippen molar-refractivity contribution in [3.8, 4) is 0 Å². The summed E-state index contributed by atoms with van der Waals surface area (Å²) in [6.07, 6.45) is 7.85. The van der Waals surface area contributed by atoms with E-state index >= 15 is 0 Å². The van der Waals surface area contributed by atoms with E-state index in [0.717, 1.165) is 46.7 Å². The van der Waals surface area contributed by atoms with Gasteiger partial charge in [-0.2, -0.15) is 5.10 Å². The summed E-state index contributed by atoms with van der Waals surface area (Å²) in [4.78, 5) is 16.0. The van der Waals surface area contributed by atoms with Crippen LogP contribution in [0.2, 0.25) is 0 Å². The Morgan fingerprint density at radius 1 is 1.42 bits per heavy atom. The molecule has 0 aliphatic heterocycles. The number of rotatable bonds is 4. The highest BCUT2D eigenvalue weighted by Gasteiger charge is 2.31. The van der Waals surface area contributed by atoms with Crippen molar-refractivity contribution in [1.82, 2.24) is 14.6 Å². The molecule has 1 N–H and O–H groups in total. The maximum absolute atomic E-state index is 11.3. The van der Waals surface area contributed by atoms with Crippen LogP contribution >= 0.6 is 0 Å². The molecule has 0 spiro atoms. The predicted molar refractivity (Wildman–Crippen MR) is 93.1 cm³/mol. The average molecular weight is 325 g/mol. The number of hydrogen-bond acceptors (Lipinski definition) is 3.